The van der Waals surface area contributed by atoms with Crippen molar-refractivity contribution in [3.05, 3.63) is 22.9 Å². The van der Waals surface area contributed by atoms with Gasteiger partial charge < -0.3 is 10.0 Å². The first-order valence-electron chi connectivity index (χ1n) is 8.10. The molecular weight excluding hydrogens is 264 g/mol. The molecule has 0 radical (unpaired) electrons. The number of fused-ring (bicyclic) bond motifs is 1. The monoisotopic (exact) mass is 288 g/mol. The lowest BCUT2D eigenvalue weighted by Crippen LogP contribution is -2.43. The number of carbonyl (C=O) groups is 1. The van der Waals surface area contributed by atoms with Crippen molar-refractivity contribution in [2.45, 2.75) is 58.4 Å². The summed E-state index contributed by atoms with van der Waals surface area (Å²) in [7, 11) is 0. The Balaban J connectivity index is 2.05. The Morgan fingerprint density at radius 1 is 1.29 bits per heavy atom. The van der Waals surface area contributed by atoms with Crippen molar-refractivity contribution < 1.29 is 9.90 Å². The number of nitrogens with zero attached hydrogens (tertiary/aromatic N) is 2. The van der Waals surface area contributed by atoms with Crippen LogP contribution in [0.1, 0.15) is 61.1 Å². The Morgan fingerprint density at radius 3 is 2.81 bits per heavy atom. The second kappa shape index (κ2) is 5.66. The zero-order chi connectivity index (χ0) is 15.0. The summed E-state index contributed by atoms with van der Waals surface area (Å²) in [5.41, 5.74) is 2.64. The molecule has 114 valence electrons. The standard InChI is InChI=1S/C17H24N2O2/c1-11-6-5-9-19(12(11)2)16-14(17(20)21)10-13-7-3-4-8-15(13)18-16/h10-12H,3-9H2,1-2H3,(H,20,21). The summed E-state index contributed by atoms with van der Waals surface area (Å²) in [6.07, 6.45) is 6.59. The second-order valence-corrected chi connectivity index (χ2v) is 6.53. The quantitative estimate of drug-likeness (QED) is 0.907. The van der Waals surface area contributed by atoms with Crippen molar-refractivity contribution >= 4 is 11.8 Å². The van der Waals surface area contributed by atoms with Gasteiger partial charge in [-0.25, -0.2) is 9.78 Å². The van der Waals surface area contributed by atoms with Gasteiger partial charge in [-0.05, 0) is 63.0 Å². The molecule has 2 aliphatic rings. The summed E-state index contributed by atoms with van der Waals surface area (Å²) in [5, 5.41) is 9.58. The number of hydrogen-bond donors (Lipinski definition) is 1. The molecule has 0 spiro atoms. The first kappa shape index (κ1) is 14.4. The fourth-order valence-electron chi connectivity index (χ4n) is 3.63. The predicted molar refractivity (Wildman–Crippen MR) is 83.0 cm³/mol. The molecule has 2 atom stereocenters. The summed E-state index contributed by atoms with van der Waals surface area (Å²) >= 11 is 0. The van der Waals surface area contributed by atoms with Gasteiger partial charge in [-0.15, -0.1) is 0 Å². The van der Waals surface area contributed by atoms with Crippen molar-refractivity contribution in [1.82, 2.24) is 4.98 Å². The van der Waals surface area contributed by atoms with E-state index in [1.165, 1.54) is 6.42 Å². The van der Waals surface area contributed by atoms with Gasteiger partial charge in [0.1, 0.15) is 11.4 Å². The van der Waals surface area contributed by atoms with Gasteiger partial charge in [0.2, 0.25) is 0 Å². The number of piperidine rings is 1. The van der Waals surface area contributed by atoms with E-state index in [9.17, 15) is 9.90 Å². The van der Waals surface area contributed by atoms with E-state index in [2.05, 4.69) is 18.7 Å². The Kier molecular flexibility index (Phi) is 3.87. The molecule has 2 heterocycles. The van der Waals surface area contributed by atoms with E-state index in [4.69, 9.17) is 4.98 Å². The predicted octanol–water partition coefficient (Wildman–Crippen LogP) is 3.28. The topological polar surface area (TPSA) is 53.4 Å². The Bertz CT molecular complexity index is 556. The number of carboxylic acids is 1. The number of carboxylic acid groups (broad SMARTS) is 1. The molecule has 4 heteroatoms. The Morgan fingerprint density at radius 2 is 2.05 bits per heavy atom. The third-order valence-electron chi connectivity index (χ3n) is 5.16. The molecule has 1 fully saturated rings. The molecule has 1 N–H and O–H groups in total. The molecule has 0 amide bonds. The van der Waals surface area contributed by atoms with Crippen LogP contribution in [0.25, 0.3) is 0 Å². The molecule has 1 aliphatic heterocycles. The van der Waals surface area contributed by atoms with E-state index in [-0.39, 0.29) is 0 Å². The maximum atomic E-state index is 11.7. The van der Waals surface area contributed by atoms with Crippen molar-refractivity contribution in [2.24, 2.45) is 5.92 Å². The molecule has 1 saturated heterocycles. The van der Waals surface area contributed by atoms with E-state index in [0.29, 0.717) is 23.3 Å². The highest BCUT2D eigenvalue weighted by Crippen LogP contribution is 2.32. The molecule has 1 aromatic rings. The number of anilines is 1. The first-order chi connectivity index (χ1) is 10.1. The van der Waals surface area contributed by atoms with Crippen molar-refractivity contribution in [1.29, 1.82) is 0 Å². The van der Waals surface area contributed by atoms with Crippen LogP contribution in [0.4, 0.5) is 5.82 Å². The summed E-state index contributed by atoms with van der Waals surface area (Å²) < 4.78 is 0. The molecule has 0 saturated carbocycles. The van der Waals surface area contributed by atoms with Crippen molar-refractivity contribution in [3.63, 3.8) is 0 Å². The molecule has 3 rings (SSSR count). The number of rotatable bonds is 2. The number of hydrogen-bond acceptors (Lipinski definition) is 3. The lowest BCUT2D eigenvalue weighted by Gasteiger charge is -2.39. The minimum absolute atomic E-state index is 0.353. The summed E-state index contributed by atoms with van der Waals surface area (Å²) in [5.74, 6) is 0.428. The lowest BCUT2D eigenvalue weighted by molar-refractivity contribution is 0.0696. The highest BCUT2D eigenvalue weighted by Gasteiger charge is 2.30. The highest BCUT2D eigenvalue weighted by molar-refractivity contribution is 5.93. The van der Waals surface area contributed by atoms with Crippen LogP contribution in [-0.4, -0.2) is 28.6 Å². The van der Waals surface area contributed by atoms with E-state index in [0.717, 1.165) is 49.9 Å². The van der Waals surface area contributed by atoms with Crippen molar-refractivity contribution in [3.8, 4) is 0 Å². The molecule has 4 nitrogen and oxygen atoms in total. The van der Waals surface area contributed by atoms with Gasteiger partial charge in [0.25, 0.3) is 0 Å². The maximum Gasteiger partial charge on any atom is 0.339 e. The molecule has 2 unspecified atom stereocenters. The maximum absolute atomic E-state index is 11.7. The minimum atomic E-state index is -0.851. The van der Waals surface area contributed by atoms with Gasteiger partial charge in [0.15, 0.2) is 0 Å². The van der Waals surface area contributed by atoms with Crippen molar-refractivity contribution in [2.75, 3.05) is 11.4 Å². The van der Waals surface area contributed by atoms with E-state index < -0.39 is 5.97 Å². The van der Waals surface area contributed by atoms with Crippen LogP contribution >= 0.6 is 0 Å². The molecular formula is C17H24N2O2. The average Bonchev–Trinajstić information content (AvgIpc) is 2.48. The highest BCUT2D eigenvalue weighted by atomic mass is 16.4. The fraction of sp³-hybridized carbons (Fsp3) is 0.647. The molecule has 0 bridgehead atoms. The average molecular weight is 288 g/mol. The van der Waals surface area contributed by atoms with Gasteiger partial charge in [-0.3, -0.25) is 0 Å². The van der Waals surface area contributed by atoms with E-state index >= 15 is 0 Å². The third-order valence-corrected chi connectivity index (χ3v) is 5.16. The lowest BCUT2D eigenvalue weighted by atomic mass is 9.90. The van der Waals surface area contributed by atoms with Crippen LogP contribution in [0.15, 0.2) is 6.07 Å². The number of aromatic carboxylic acids is 1. The first-order valence-corrected chi connectivity index (χ1v) is 8.10. The smallest absolute Gasteiger partial charge is 0.339 e. The van der Waals surface area contributed by atoms with Gasteiger partial charge in [0, 0.05) is 18.3 Å². The summed E-state index contributed by atoms with van der Waals surface area (Å²) in [6, 6.07) is 2.23. The molecule has 1 aromatic heterocycles. The second-order valence-electron chi connectivity index (χ2n) is 6.53. The normalized spacial score (nSPS) is 25.5. The van der Waals surface area contributed by atoms with Crippen LogP contribution in [-0.2, 0) is 12.8 Å². The zero-order valence-corrected chi connectivity index (χ0v) is 12.9. The Hall–Kier alpha value is -1.58. The van der Waals surface area contributed by atoms with Crippen LogP contribution < -0.4 is 4.90 Å². The molecule has 0 aromatic carbocycles. The summed E-state index contributed by atoms with van der Waals surface area (Å²) in [4.78, 5) is 18.7. The molecule has 21 heavy (non-hydrogen) atoms. The Labute approximate surface area is 126 Å². The van der Waals surface area contributed by atoms with Gasteiger partial charge >= 0.3 is 5.97 Å². The SMILES string of the molecule is CC1CCCN(c2nc3c(cc2C(=O)O)CCCC3)C1C. The zero-order valence-electron chi connectivity index (χ0n) is 12.9. The fourth-order valence-corrected chi connectivity index (χ4v) is 3.63. The van der Waals surface area contributed by atoms with Crippen LogP contribution in [0.2, 0.25) is 0 Å². The van der Waals surface area contributed by atoms with Gasteiger partial charge in [-0.2, -0.15) is 0 Å². The van der Waals surface area contributed by atoms with E-state index in [1.807, 2.05) is 6.07 Å². The largest absolute Gasteiger partial charge is 0.478 e. The van der Waals surface area contributed by atoms with Crippen LogP contribution in [0, 0.1) is 5.92 Å². The van der Waals surface area contributed by atoms with Gasteiger partial charge in [-0.1, -0.05) is 6.92 Å². The molecule has 1 aliphatic carbocycles. The third kappa shape index (κ3) is 2.63. The number of pyridine rings is 1. The van der Waals surface area contributed by atoms with Crippen LogP contribution in [0.3, 0.4) is 0 Å². The minimum Gasteiger partial charge on any atom is -0.478 e. The summed E-state index contributed by atoms with van der Waals surface area (Å²) in [6.45, 7) is 5.35. The van der Waals surface area contributed by atoms with E-state index in [1.54, 1.807) is 0 Å². The van der Waals surface area contributed by atoms with Gasteiger partial charge in [0.05, 0.1) is 0 Å². The van der Waals surface area contributed by atoms with Crippen LogP contribution in [0.5, 0.6) is 0 Å². The number of aryl methyl sites for hydroxylation is 2. The number of aromatic nitrogens is 1.